The van der Waals surface area contributed by atoms with E-state index in [-0.39, 0.29) is 0 Å². The minimum atomic E-state index is -2.02. The summed E-state index contributed by atoms with van der Waals surface area (Å²) in [5, 5.41) is 0. The smallest absolute Gasteiger partial charge is 0.231 e. The molecule has 0 aromatic rings. The van der Waals surface area contributed by atoms with Gasteiger partial charge in [-0.05, 0) is 19.1 Å². The molecule has 0 N–H and O–H groups in total. The van der Waals surface area contributed by atoms with Gasteiger partial charge in [0.05, 0.1) is 0 Å². The molecule has 2 heteroatoms. The lowest BCUT2D eigenvalue weighted by molar-refractivity contribution is 0.423. The van der Waals surface area contributed by atoms with Gasteiger partial charge in [-0.1, -0.05) is 129 Å². The van der Waals surface area contributed by atoms with Crippen molar-refractivity contribution in [1.82, 2.24) is 0 Å². The van der Waals surface area contributed by atoms with E-state index in [2.05, 4.69) is 6.92 Å². The summed E-state index contributed by atoms with van der Waals surface area (Å²) in [7, 11) is -2.02. The molecule has 0 spiro atoms. The molecule has 0 aromatic carbocycles. The summed E-state index contributed by atoms with van der Waals surface area (Å²) in [6.45, 7) is 6.18. The third-order valence-corrected chi connectivity index (χ3v) is 6.94. The minimum Gasteiger partial charge on any atom is -0.298 e. The Labute approximate surface area is 161 Å². The van der Waals surface area contributed by atoms with Crippen molar-refractivity contribution < 1.29 is 4.80 Å². The Balaban J connectivity index is 3.01. The van der Waals surface area contributed by atoms with E-state index in [1.54, 1.807) is 0 Å². The van der Waals surface area contributed by atoms with Crippen LogP contribution in [0, 0.1) is 0 Å². The highest BCUT2D eigenvalue weighted by Gasteiger charge is 2.18. The third-order valence-electron chi connectivity index (χ3n) is 5.38. The minimum absolute atomic E-state index is 0.978. The fourth-order valence-corrected chi connectivity index (χ4v) is 4.73. The maximum Gasteiger partial charge on any atom is 0.231 e. The molecular weight excluding hydrogens is 320 g/mol. The monoisotopic (exact) mass is 369 g/mol. The van der Waals surface area contributed by atoms with E-state index in [1.165, 1.54) is 122 Å². The molecule has 25 heavy (non-hydrogen) atoms. The quantitative estimate of drug-likeness (QED) is 0.151. The lowest BCUT2D eigenvalue weighted by Crippen LogP contribution is -2.21. The highest BCUT2D eigenvalue weighted by Crippen LogP contribution is 2.16. The fourth-order valence-electron chi connectivity index (χ4n) is 3.63. The second kappa shape index (κ2) is 19.0. The molecule has 0 atom stereocenters. The number of rotatable bonds is 20. The molecule has 0 saturated heterocycles. The van der Waals surface area contributed by atoms with E-state index in [4.69, 9.17) is 0 Å². The van der Waals surface area contributed by atoms with Gasteiger partial charge in [-0.25, -0.2) is 0 Å². The Morgan fingerprint density at radius 3 is 0.920 bits per heavy atom. The van der Waals surface area contributed by atoms with Crippen LogP contribution in [0.15, 0.2) is 0 Å². The molecule has 0 bridgehead atoms. The van der Waals surface area contributed by atoms with Gasteiger partial charge in [0.25, 0.3) is 0 Å². The highest BCUT2D eigenvalue weighted by molar-refractivity contribution is 6.69. The molecule has 0 unspecified atom stereocenters. The van der Waals surface area contributed by atoms with Crippen molar-refractivity contribution in [2.24, 2.45) is 0 Å². The second-order valence-corrected chi connectivity index (χ2v) is 12.9. The van der Waals surface area contributed by atoms with Crippen LogP contribution in [0.1, 0.15) is 129 Å². The van der Waals surface area contributed by atoms with E-state index >= 15 is 0 Å². The predicted octanol–water partition coefficient (Wildman–Crippen LogP) is 9.05. The van der Waals surface area contributed by atoms with Crippen LogP contribution in [-0.2, 0) is 4.80 Å². The van der Waals surface area contributed by atoms with Gasteiger partial charge in [-0.3, -0.25) is 4.80 Å². The first-order valence-corrected chi connectivity index (χ1v) is 14.9. The predicted molar refractivity (Wildman–Crippen MR) is 116 cm³/mol. The molecule has 0 rings (SSSR count). The van der Waals surface area contributed by atoms with Crippen LogP contribution in [0.2, 0.25) is 19.1 Å². The van der Waals surface area contributed by atoms with E-state index in [0.717, 1.165) is 6.04 Å². The summed E-state index contributed by atoms with van der Waals surface area (Å²) < 4.78 is 0. The first-order valence-electron chi connectivity index (χ1n) is 11.8. The summed E-state index contributed by atoms with van der Waals surface area (Å²) in [4.78, 5) is 11.6. The average Bonchev–Trinajstić information content (AvgIpc) is 2.56. The van der Waals surface area contributed by atoms with Crippen molar-refractivity contribution in [3.05, 3.63) is 0 Å². The van der Waals surface area contributed by atoms with Gasteiger partial charge in [0.1, 0.15) is 0 Å². The topological polar surface area (TPSA) is 19.9 Å². The Morgan fingerprint density at radius 2 is 0.680 bits per heavy atom. The van der Waals surface area contributed by atoms with Crippen molar-refractivity contribution in [3.63, 3.8) is 0 Å². The molecule has 1 nitrogen and oxygen atoms in total. The van der Waals surface area contributed by atoms with Crippen molar-refractivity contribution in [2.75, 3.05) is 0 Å². The molecule has 151 valence electrons. The number of unbranched alkanes of at least 4 members (excludes halogenated alkanes) is 18. The Morgan fingerprint density at radius 1 is 0.440 bits per heavy atom. The summed E-state index contributed by atoms with van der Waals surface area (Å²) in [5.41, 5.74) is 0. The van der Waals surface area contributed by atoms with Crippen LogP contribution < -0.4 is 0 Å². The van der Waals surface area contributed by atoms with Gasteiger partial charge in [0.15, 0.2) is 0 Å². The van der Waals surface area contributed by atoms with E-state index < -0.39 is 8.32 Å². The molecule has 0 amide bonds. The van der Waals surface area contributed by atoms with Crippen molar-refractivity contribution in [3.8, 4) is 0 Å². The average molecular weight is 370 g/mol. The summed E-state index contributed by atoms with van der Waals surface area (Å²) in [6, 6.07) is 0.978. The Bertz CT molecular complexity index is 247. The standard InChI is InChI=1S/C23H49OSi/c1-4-5-6-7-8-9-10-11-12-13-14-15-16-17-18-19-20-21-22-23-25(2,3)24/h4-23H2,1-3H3. The van der Waals surface area contributed by atoms with Crippen LogP contribution >= 0.6 is 0 Å². The van der Waals surface area contributed by atoms with Crippen molar-refractivity contribution >= 4 is 8.32 Å². The molecule has 0 aliphatic carbocycles. The molecule has 0 aliphatic rings. The first kappa shape index (κ1) is 25.2. The zero-order valence-corrected chi connectivity index (χ0v) is 19.1. The van der Waals surface area contributed by atoms with Gasteiger partial charge >= 0.3 is 0 Å². The summed E-state index contributed by atoms with van der Waals surface area (Å²) in [5.74, 6) is 0. The number of hydrogen-bond acceptors (Lipinski definition) is 0. The molecule has 0 heterocycles. The van der Waals surface area contributed by atoms with Crippen LogP contribution in [-0.4, -0.2) is 8.32 Å². The normalized spacial score (nSPS) is 12.0. The van der Waals surface area contributed by atoms with E-state index in [1.807, 2.05) is 13.1 Å². The van der Waals surface area contributed by atoms with Gasteiger partial charge in [-0.15, -0.1) is 0 Å². The van der Waals surface area contributed by atoms with Gasteiger partial charge in [-0.2, -0.15) is 0 Å². The van der Waals surface area contributed by atoms with Crippen LogP contribution in [0.25, 0.3) is 0 Å². The zero-order chi connectivity index (χ0) is 18.6. The zero-order valence-electron chi connectivity index (χ0n) is 18.1. The lowest BCUT2D eigenvalue weighted by atomic mass is 10.0. The molecule has 0 fully saturated rings. The molecular formula is C23H49OSi. The molecule has 0 aromatic heterocycles. The van der Waals surface area contributed by atoms with Gasteiger partial charge in [0.2, 0.25) is 8.32 Å². The van der Waals surface area contributed by atoms with E-state index in [9.17, 15) is 4.80 Å². The molecule has 0 aliphatic heterocycles. The lowest BCUT2D eigenvalue weighted by Gasteiger charge is -2.10. The molecule has 1 radical (unpaired) electrons. The first-order chi connectivity index (χ1) is 12.1. The number of hydrogen-bond donors (Lipinski definition) is 0. The largest absolute Gasteiger partial charge is 0.298 e. The maximum atomic E-state index is 11.6. The van der Waals surface area contributed by atoms with Crippen LogP contribution in [0.3, 0.4) is 0 Å². The fraction of sp³-hybridized carbons (Fsp3) is 1.00. The Kier molecular flexibility index (Phi) is 19.1. The van der Waals surface area contributed by atoms with Gasteiger partial charge < -0.3 is 0 Å². The maximum absolute atomic E-state index is 11.6. The Hall–Kier alpha value is 0.177. The van der Waals surface area contributed by atoms with Crippen molar-refractivity contribution in [2.45, 2.75) is 148 Å². The highest BCUT2D eigenvalue weighted by atomic mass is 28.4. The molecule has 0 saturated carbocycles. The van der Waals surface area contributed by atoms with E-state index in [0.29, 0.717) is 0 Å². The third kappa shape index (κ3) is 24.2. The van der Waals surface area contributed by atoms with Gasteiger partial charge in [0, 0.05) is 0 Å². The van der Waals surface area contributed by atoms with Crippen LogP contribution in [0.5, 0.6) is 0 Å². The SMILES string of the molecule is CCCCCCCCCCCCCCCCCCCCC[Si](C)(C)[O]. The second-order valence-electron chi connectivity index (χ2n) is 8.87. The van der Waals surface area contributed by atoms with Crippen LogP contribution in [0.4, 0.5) is 0 Å². The summed E-state index contributed by atoms with van der Waals surface area (Å²) >= 11 is 0. The summed E-state index contributed by atoms with van der Waals surface area (Å²) in [6.07, 6.45) is 26.9. The van der Waals surface area contributed by atoms with Crippen molar-refractivity contribution in [1.29, 1.82) is 0 Å².